The first kappa shape index (κ1) is 10.1. The number of Topliss-reactive ketones (excluding diaryl/α,β-unsaturated/α-hetero) is 1. The van der Waals surface area contributed by atoms with Gasteiger partial charge in [0, 0.05) is 17.5 Å². The maximum absolute atomic E-state index is 11.8. The Hall–Kier alpha value is -2.03. The highest BCUT2D eigenvalue weighted by molar-refractivity contribution is 5.98. The van der Waals surface area contributed by atoms with Crippen LogP contribution in [0.4, 0.5) is 0 Å². The van der Waals surface area contributed by atoms with Crippen molar-refractivity contribution < 1.29 is 4.79 Å². The molecule has 3 rings (SSSR count). The molecule has 1 aromatic carbocycles. The summed E-state index contributed by atoms with van der Waals surface area (Å²) in [7, 11) is 0. The monoisotopic (exact) mass is 224 g/mol. The van der Waals surface area contributed by atoms with Crippen LogP contribution in [0.15, 0.2) is 36.4 Å². The summed E-state index contributed by atoms with van der Waals surface area (Å²) in [5.74, 6) is 0.193. The van der Waals surface area contributed by atoms with Crippen LogP contribution in [0.25, 0.3) is 11.3 Å². The van der Waals surface area contributed by atoms with Crippen molar-refractivity contribution in [3.63, 3.8) is 0 Å². The first-order valence-electron chi connectivity index (χ1n) is 5.80. The minimum absolute atomic E-state index is 0.193. The summed E-state index contributed by atoms with van der Waals surface area (Å²) in [6.45, 7) is 0. The molecule has 3 nitrogen and oxygen atoms in total. The molecule has 0 saturated carbocycles. The summed E-state index contributed by atoms with van der Waals surface area (Å²) in [4.78, 5) is 11.8. The predicted molar refractivity (Wildman–Crippen MR) is 64.7 cm³/mol. The number of rotatable bonds is 1. The van der Waals surface area contributed by atoms with Crippen LogP contribution in [0.3, 0.4) is 0 Å². The Kier molecular flexibility index (Phi) is 2.44. The van der Waals surface area contributed by atoms with Crippen LogP contribution in [-0.4, -0.2) is 16.0 Å². The third-order valence-corrected chi connectivity index (χ3v) is 3.06. The van der Waals surface area contributed by atoms with Gasteiger partial charge in [0.1, 0.15) is 0 Å². The van der Waals surface area contributed by atoms with Gasteiger partial charge in [-0.1, -0.05) is 30.3 Å². The van der Waals surface area contributed by atoms with E-state index >= 15 is 0 Å². The van der Waals surface area contributed by atoms with Crippen LogP contribution < -0.4 is 0 Å². The summed E-state index contributed by atoms with van der Waals surface area (Å²) in [5.41, 5.74) is 3.38. The Morgan fingerprint density at radius 3 is 2.65 bits per heavy atom. The normalized spacial score (nSPS) is 14.5. The maximum atomic E-state index is 11.8. The molecule has 0 bridgehead atoms. The van der Waals surface area contributed by atoms with E-state index in [2.05, 4.69) is 10.2 Å². The average Bonchev–Trinajstić information content (AvgIpc) is 2.40. The fraction of sp³-hybridized carbons (Fsp3) is 0.214. The van der Waals surface area contributed by atoms with Gasteiger partial charge in [0.25, 0.3) is 0 Å². The van der Waals surface area contributed by atoms with E-state index < -0.39 is 0 Å². The number of aromatic nitrogens is 2. The predicted octanol–water partition coefficient (Wildman–Crippen LogP) is 2.66. The number of nitrogens with zero attached hydrogens (tertiary/aromatic N) is 2. The minimum atomic E-state index is 0.193. The zero-order chi connectivity index (χ0) is 11.7. The zero-order valence-electron chi connectivity index (χ0n) is 9.39. The van der Waals surface area contributed by atoms with Crippen molar-refractivity contribution in [2.45, 2.75) is 19.3 Å². The first-order valence-corrected chi connectivity index (χ1v) is 5.80. The van der Waals surface area contributed by atoms with Gasteiger partial charge in [-0.25, -0.2) is 0 Å². The molecule has 1 aliphatic carbocycles. The number of carbonyl (C=O) groups excluding carboxylic acids is 1. The average molecular weight is 224 g/mol. The molecule has 0 radical (unpaired) electrons. The van der Waals surface area contributed by atoms with Crippen LogP contribution in [0.2, 0.25) is 0 Å². The molecule has 84 valence electrons. The lowest BCUT2D eigenvalue weighted by Gasteiger charge is -2.13. The molecule has 0 spiro atoms. The Morgan fingerprint density at radius 1 is 1.00 bits per heavy atom. The fourth-order valence-electron chi connectivity index (χ4n) is 2.14. The summed E-state index contributed by atoms with van der Waals surface area (Å²) >= 11 is 0. The van der Waals surface area contributed by atoms with E-state index in [1.165, 1.54) is 0 Å². The van der Waals surface area contributed by atoms with Crippen molar-refractivity contribution in [1.82, 2.24) is 10.2 Å². The zero-order valence-corrected chi connectivity index (χ0v) is 9.39. The summed E-state index contributed by atoms with van der Waals surface area (Å²) in [5, 5.41) is 8.37. The number of ketones is 1. The van der Waals surface area contributed by atoms with Gasteiger partial charge in [-0.15, -0.1) is 0 Å². The molecule has 0 atom stereocenters. The van der Waals surface area contributed by atoms with Crippen LogP contribution in [0, 0.1) is 0 Å². The van der Waals surface area contributed by atoms with Crippen LogP contribution in [0.1, 0.15) is 28.9 Å². The second-order valence-electron chi connectivity index (χ2n) is 4.23. The number of carbonyl (C=O) groups is 1. The van der Waals surface area contributed by atoms with Gasteiger partial charge in [-0.3, -0.25) is 4.79 Å². The molecule has 1 aromatic heterocycles. The van der Waals surface area contributed by atoms with Gasteiger partial charge in [0.2, 0.25) is 0 Å². The number of fused-ring (bicyclic) bond motifs is 1. The van der Waals surface area contributed by atoms with Crippen molar-refractivity contribution in [2.75, 3.05) is 0 Å². The van der Waals surface area contributed by atoms with Gasteiger partial charge in [0.05, 0.1) is 11.4 Å². The summed E-state index contributed by atoms with van der Waals surface area (Å²) < 4.78 is 0. The Balaban J connectivity index is 2.09. The highest BCUT2D eigenvalue weighted by atomic mass is 16.1. The topological polar surface area (TPSA) is 42.9 Å². The number of hydrogen-bond donors (Lipinski definition) is 0. The fourth-order valence-corrected chi connectivity index (χ4v) is 2.14. The van der Waals surface area contributed by atoms with E-state index in [9.17, 15) is 4.79 Å². The molecular formula is C14H12N2O. The standard InChI is InChI=1S/C14H12N2O/c17-14-8-4-7-12-11(14)9-13(16-15-12)10-5-2-1-3-6-10/h1-3,5-6,9H,4,7-8H2. The van der Waals surface area contributed by atoms with Gasteiger partial charge in [-0.2, -0.15) is 10.2 Å². The van der Waals surface area contributed by atoms with Gasteiger partial charge in [0.15, 0.2) is 5.78 Å². The lowest BCUT2D eigenvalue weighted by Crippen LogP contribution is -2.13. The summed E-state index contributed by atoms with van der Waals surface area (Å²) in [6.07, 6.45) is 2.39. The van der Waals surface area contributed by atoms with Gasteiger partial charge >= 0.3 is 0 Å². The number of benzene rings is 1. The second-order valence-corrected chi connectivity index (χ2v) is 4.23. The molecule has 0 saturated heterocycles. The van der Waals surface area contributed by atoms with Crippen molar-refractivity contribution in [3.05, 3.63) is 47.7 Å². The number of aryl methyl sites for hydroxylation is 1. The smallest absolute Gasteiger partial charge is 0.164 e. The molecule has 17 heavy (non-hydrogen) atoms. The largest absolute Gasteiger partial charge is 0.294 e. The lowest BCUT2D eigenvalue weighted by atomic mass is 9.94. The van der Waals surface area contributed by atoms with Gasteiger partial charge < -0.3 is 0 Å². The molecule has 3 heteroatoms. The third-order valence-electron chi connectivity index (χ3n) is 3.06. The molecule has 0 fully saturated rings. The first-order chi connectivity index (χ1) is 8.34. The van der Waals surface area contributed by atoms with Crippen molar-refractivity contribution in [2.24, 2.45) is 0 Å². The highest BCUT2D eigenvalue weighted by Crippen LogP contribution is 2.23. The quantitative estimate of drug-likeness (QED) is 0.747. The Bertz CT molecular complexity index is 564. The van der Waals surface area contributed by atoms with E-state index in [0.717, 1.165) is 35.4 Å². The van der Waals surface area contributed by atoms with E-state index in [-0.39, 0.29) is 5.78 Å². The Labute approximate surface area is 99.5 Å². The van der Waals surface area contributed by atoms with Gasteiger partial charge in [-0.05, 0) is 18.9 Å². The van der Waals surface area contributed by atoms with Crippen LogP contribution >= 0.6 is 0 Å². The molecule has 1 heterocycles. The van der Waals surface area contributed by atoms with Crippen molar-refractivity contribution in [3.8, 4) is 11.3 Å². The Morgan fingerprint density at radius 2 is 1.82 bits per heavy atom. The maximum Gasteiger partial charge on any atom is 0.164 e. The second kappa shape index (κ2) is 4.09. The van der Waals surface area contributed by atoms with E-state index in [4.69, 9.17) is 0 Å². The third kappa shape index (κ3) is 1.84. The molecule has 0 N–H and O–H groups in total. The van der Waals surface area contributed by atoms with E-state index in [1.807, 2.05) is 36.4 Å². The molecule has 2 aromatic rings. The van der Waals surface area contributed by atoms with Crippen LogP contribution in [-0.2, 0) is 6.42 Å². The molecule has 0 aliphatic heterocycles. The van der Waals surface area contributed by atoms with E-state index in [1.54, 1.807) is 0 Å². The SMILES string of the molecule is O=C1CCCc2nnc(-c3ccccc3)cc21. The molecular weight excluding hydrogens is 212 g/mol. The minimum Gasteiger partial charge on any atom is -0.294 e. The molecule has 1 aliphatic rings. The van der Waals surface area contributed by atoms with Crippen molar-refractivity contribution >= 4 is 5.78 Å². The number of hydrogen-bond acceptors (Lipinski definition) is 3. The molecule has 0 unspecified atom stereocenters. The van der Waals surface area contributed by atoms with E-state index in [0.29, 0.717) is 6.42 Å². The molecule has 0 amide bonds. The lowest BCUT2D eigenvalue weighted by molar-refractivity contribution is 0.0971. The highest BCUT2D eigenvalue weighted by Gasteiger charge is 2.19. The summed E-state index contributed by atoms with van der Waals surface area (Å²) in [6, 6.07) is 11.7. The van der Waals surface area contributed by atoms with Crippen LogP contribution in [0.5, 0.6) is 0 Å². The van der Waals surface area contributed by atoms with Crippen molar-refractivity contribution in [1.29, 1.82) is 0 Å².